The van der Waals surface area contributed by atoms with E-state index in [0.717, 1.165) is 31.6 Å². The fraction of sp³-hybridized carbons (Fsp3) is 0.864. The molecule has 0 saturated heterocycles. The third-order valence-electron chi connectivity index (χ3n) is 4.76. The summed E-state index contributed by atoms with van der Waals surface area (Å²) >= 11 is 0. The van der Waals surface area contributed by atoms with Crippen LogP contribution in [0.1, 0.15) is 110 Å². The van der Waals surface area contributed by atoms with E-state index in [1.807, 2.05) is 6.08 Å². The maximum absolute atomic E-state index is 11.7. The van der Waals surface area contributed by atoms with Gasteiger partial charge in [-0.3, -0.25) is 4.79 Å². The van der Waals surface area contributed by atoms with Crippen molar-refractivity contribution in [3.05, 3.63) is 12.7 Å². The molecule has 142 valence electrons. The van der Waals surface area contributed by atoms with E-state index in [4.69, 9.17) is 4.74 Å². The van der Waals surface area contributed by atoms with Crippen molar-refractivity contribution in [1.82, 2.24) is 0 Å². The van der Waals surface area contributed by atoms with E-state index in [1.165, 1.54) is 64.2 Å². The highest BCUT2D eigenvalue weighted by Crippen LogP contribution is 2.21. The number of hydrogen-bond acceptors (Lipinski definition) is 2. The molecule has 0 radical (unpaired) electrons. The van der Waals surface area contributed by atoms with Gasteiger partial charge in [-0.15, -0.1) is 6.58 Å². The van der Waals surface area contributed by atoms with Crippen LogP contribution >= 0.6 is 0 Å². The lowest BCUT2D eigenvalue weighted by Gasteiger charge is -2.17. The summed E-state index contributed by atoms with van der Waals surface area (Å²) in [5, 5.41) is 0. The van der Waals surface area contributed by atoms with Gasteiger partial charge in [-0.2, -0.15) is 0 Å². The van der Waals surface area contributed by atoms with Crippen molar-refractivity contribution in [2.24, 2.45) is 5.92 Å². The molecule has 24 heavy (non-hydrogen) atoms. The van der Waals surface area contributed by atoms with E-state index in [9.17, 15) is 4.79 Å². The minimum absolute atomic E-state index is 0.0192. The molecule has 0 rings (SSSR count). The molecule has 0 aromatic carbocycles. The minimum Gasteiger partial charge on any atom is -0.466 e. The molecule has 0 aliphatic carbocycles. The Hall–Kier alpha value is -0.790. The summed E-state index contributed by atoms with van der Waals surface area (Å²) in [5.41, 5.74) is 0. The second kappa shape index (κ2) is 18.5. The van der Waals surface area contributed by atoms with Gasteiger partial charge in [0, 0.05) is 6.42 Å². The number of ether oxygens (including phenoxy) is 1. The Morgan fingerprint density at radius 2 is 1.50 bits per heavy atom. The van der Waals surface area contributed by atoms with Crippen LogP contribution < -0.4 is 0 Å². The molecular formula is C22H42O2. The molecule has 2 heteroatoms. The maximum Gasteiger partial charge on any atom is 0.305 e. The second-order valence-electron chi connectivity index (χ2n) is 7.11. The second-order valence-corrected chi connectivity index (χ2v) is 7.11. The molecule has 0 spiro atoms. The van der Waals surface area contributed by atoms with Crippen LogP contribution in [0, 0.1) is 5.92 Å². The lowest BCUT2D eigenvalue weighted by atomic mass is 9.92. The average Bonchev–Trinajstić information content (AvgIpc) is 2.58. The lowest BCUT2D eigenvalue weighted by Crippen LogP contribution is -2.10. The van der Waals surface area contributed by atoms with E-state index in [-0.39, 0.29) is 5.97 Å². The Kier molecular flexibility index (Phi) is 17.9. The lowest BCUT2D eigenvalue weighted by molar-refractivity contribution is -0.144. The molecule has 0 fully saturated rings. The Bertz CT molecular complexity index is 286. The zero-order valence-corrected chi connectivity index (χ0v) is 16.5. The largest absolute Gasteiger partial charge is 0.466 e. The first-order valence-corrected chi connectivity index (χ1v) is 10.5. The van der Waals surface area contributed by atoms with Crippen molar-refractivity contribution in [3.63, 3.8) is 0 Å². The molecule has 0 heterocycles. The summed E-state index contributed by atoms with van der Waals surface area (Å²) in [6, 6.07) is 0. The van der Waals surface area contributed by atoms with Crippen molar-refractivity contribution in [1.29, 1.82) is 0 Å². The highest BCUT2D eigenvalue weighted by atomic mass is 16.5. The number of allylic oxidation sites excluding steroid dienone is 1. The summed E-state index contributed by atoms with van der Waals surface area (Å²) in [4.78, 5) is 11.7. The fourth-order valence-electron chi connectivity index (χ4n) is 3.12. The van der Waals surface area contributed by atoms with Gasteiger partial charge in [0.2, 0.25) is 0 Å². The molecule has 1 unspecified atom stereocenters. The van der Waals surface area contributed by atoms with Gasteiger partial charge >= 0.3 is 5.97 Å². The summed E-state index contributed by atoms with van der Waals surface area (Å²) < 4.78 is 5.44. The third kappa shape index (κ3) is 16.1. The maximum atomic E-state index is 11.7. The Morgan fingerprint density at radius 1 is 0.875 bits per heavy atom. The summed E-state index contributed by atoms with van der Waals surface area (Å²) in [6.07, 6.45) is 19.8. The fourth-order valence-corrected chi connectivity index (χ4v) is 3.12. The Morgan fingerprint density at radius 3 is 2.17 bits per heavy atom. The molecule has 0 N–H and O–H groups in total. The van der Waals surface area contributed by atoms with Gasteiger partial charge in [-0.1, -0.05) is 84.1 Å². The quantitative estimate of drug-likeness (QED) is 0.150. The first-order chi connectivity index (χ1) is 11.7. The van der Waals surface area contributed by atoms with Gasteiger partial charge in [0.05, 0.1) is 6.61 Å². The van der Waals surface area contributed by atoms with Crippen LogP contribution in [0.3, 0.4) is 0 Å². The van der Waals surface area contributed by atoms with E-state index >= 15 is 0 Å². The first-order valence-electron chi connectivity index (χ1n) is 10.5. The van der Waals surface area contributed by atoms with Crippen molar-refractivity contribution < 1.29 is 9.53 Å². The zero-order valence-electron chi connectivity index (χ0n) is 16.5. The van der Waals surface area contributed by atoms with Crippen LogP contribution in [-0.2, 0) is 9.53 Å². The third-order valence-corrected chi connectivity index (χ3v) is 4.76. The van der Waals surface area contributed by atoms with E-state index in [1.54, 1.807) is 0 Å². The highest BCUT2D eigenvalue weighted by Gasteiger charge is 2.10. The first kappa shape index (κ1) is 23.2. The van der Waals surface area contributed by atoms with Crippen molar-refractivity contribution in [3.8, 4) is 0 Å². The molecule has 0 saturated carbocycles. The number of rotatable bonds is 18. The topological polar surface area (TPSA) is 26.3 Å². The van der Waals surface area contributed by atoms with Gasteiger partial charge < -0.3 is 4.74 Å². The predicted molar refractivity (Wildman–Crippen MR) is 105 cm³/mol. The molecule has 0 aliphatic rings. The van der Waals surface area contributed by atoms with Crippen LogP contribution in [0.2, 0.25) is 0 Å². The molecule has 0 aromatic rings. The monoisotopic (exact) mass is 338 g/mol. The predicted octanol–water partition coefficient (Wildman–Crippen LogP) is 7.22. The summed E-state index contributed by atoms with van der Waals surface area (Å²) in [6.45, 7) is 8.84. The number of carbonyl (C=O) groups excluding carboxylic acids is 1. The van der Waals surface area contributed by atoms with Crippen LogP contribution in [-0.4, -0.2) is 12.6 Å². The van der Waals surface area contributed by atoms with Gasteiger partial charge in [0.15, 0.2) is 0 Å². The van der Waals surface area contributed by atoms with Gasteiger partial charge in [-0.25, -0.2) is 0 Å². The van der Waals surface area contributed by atoms with Crippen molar-refractivity contribution in [2.75, 3.05) is 6.61 Å². The average molecular weight is 339 g/mol. The molecule has 2 nitrogen and oxygen atoms in total. The molecule has 0 aliphatic heterocycles. The van der Waals surface area contributed by atoms with E-state index < -0.39 is 0 Å². The molecule has 0 bridgehead atoms. The van der Waals surface area contributed by atoms with Crippen LogP contribution in [0.5, 0.6) is 0 Å². The van der Waals surface area contributed by atoms with Crippen molar-refractivity contribution in [2.45, 2.75) is 110 Å². The number of esters is 1. The molecule has 1 atom stereocenters. The van der Waals surface area contributed by atoms with Crippen LogP contribution in [0.4, 0.5) is 0 Å². The van der Waals surface area contributed by atoms with Crippen LogP contribution in [0.15, 0.2) is 12.7 Å². The normalized spacial score (nSPS) is 12.1. The van der Waals surface area contributed by atoms with Gasteiger partial charge in [-0.05, 0) is 31.6 Å². The van der Waals surface area contributed by atoms with Crippen LogP contribution in [0.25, 0.3) is 0 Å². The SMILES string of the molecule is C=CCCCCC(=O)OCCC(CCCCC)CCCCCCC. The number of unbranched alkanes of at least 4 members (excludes halogenated alkanes) is 8. The van der Waals surface area contributed by atoms with E-state index in [2.05, 4.69) is 20.4 Å². The minimum atomic E-state index is -0.0192. The van der Waals surface area contributed by atoms with Gasteiger partial charge in [0.1, 0.15) is 0 Å². The highest BCUT2D eigenvalue weighted by molar-refractivity contribution is 5.69. The molecule has 0 aromatic heterocycles. The molecular weight excluding hydrogens is 296 g/mol. The number of carbonyl (C=O) groups is 1. The standard InChI is InChI=1S/C22H42O2/c1-4-7-10-12-14-17-21(16-13-9-6-3)19-20-24-22(23)18-15-11-8-5-2/h5,21H,2,4,6-20H2,1,3H3. The number of hydrogen-bond donors (Lipinski definition) is 0. The summed E-state index contributed by atoms with van der Waals surface area (Å²) in [7, 11) is 0. The zero-order chi connectivity index (χ0) is 17.9. The summed E-state index contributed by atoms with van der Waals surface area (Å²) in [5.74, 6) is 0.723. The van der Waals surface area contributed by atoms with E-state index in [0.29, 0.717) is 13.0 Å². The molecule has 0 amide bonds. The van der Waals surface area contributed by atoms with Crippen molar-refractivity contribution >= 4 is 5.97 Å². The smallest absolute Gasteiger partial charge is 0.305 e. The Balaban J connectivity index is 3.84. The van der Waals surface area contributed by atoms with Gasteiger partial charge in [0.25, 0.3) is 0 Å². The Labute approximate surface area is 151 Å².